The van der Waals surface area contributed by atoms with E-state index in [1.807, 2.05) is 46.4 Å². The minimum absolute atomic E-state index is 0.203. The first-order chi connectivity index (χ1) is 21.6. The number of aldehydes is 1. The maximum absolute atomic E-state index is 13.2. The molecule has 240 valence electrons. The van der Waals surface area contributed by atoms with Crippen molar-refractivity contribution in [2.75, 3.05) is 44.7 Å². The van der Waals surface area contributed by atoms with Crippen molar-refractivity contribution in [1.29, 1.82) is 0 Å². The smallest absolute Gasteiger partial charge is 0.322 e. The molecule has 1 aromatic heterocycles. The van der Waals surface area contributed by atoms with Crippen molar-refractivity contribution >= 4 is 40.0 Å². The molecule has 3 N–H and O–H groups in total. The Balaban J connectivity index is 1.24. The number of nitrogens with two attached hydrogens (primary N) is 1. The summed E-state index contributed by atoms with van der Waals surface area (Å²) in [6.07, 6.45) is 4.82. The molecular weight excluding hydrogens is 586 g/mol. The molecule has 0 saturated carbocycles. The van der Waals surface area contributed by atoms with Gasteiger partial charge in [-0.25, -0.2) is 13.3 Å². The Morgan fingerprint density at radius 2 is 1.87 bits per heavy atom. The van der Waals surface area contributed by atoms with Crippen molar-refractivity contribution in [3.8, 4) is 11.8 Å². The molecule has 3 aromatic rings. The molecule has 3 heterocycles. The molecule has 2 amide bonds. The summed E-state index contributed by atoms with van der Waals surface area (Å²) in [5.74, 6) is 7.84. The predicted molar refractivity (Wildman–Crippen MR) is 179 cm³/mol. The van der Waals surface area contributed by atoms with Gasteiger partial charge >= 0.3 is 6.03 Å². The van der Waals surface area contributed by atoms with Crippen LogP contribution in [-0.2, 0) is 22.8 Å². The standard InChI is InChI=1S/C34H45N7O3S/c1-34(2,16-11-25-7-5-8-29(23-25)45(44)40-20-14-28(35)15-21-40)39-18-12-26(13-19-39)27-9-10-30-31(24-27)38(4)37-32(30)41(17-6-22-42)33(43)36-3/h5,7-10,22-24,26,28H,6,12-15,17-21,35H2,1-4H3,(H,36,43). The van der Waals surface area contributed by atoms with Crippen LogP contribution in [0.1, 0.15) is 63.0 Å². The molecule has 2 aliphatic heterocycles. The first-order valence-corrected chi connectivity index (χ1v) is 16.9. The number of carbonyl (C=O) groups is 2. The van der Waals surface area contributed by atoms with E-state index < -0.39 is 11.0 Å². The van der Waals surface area contributed by atoms with E-state index in [0.717, 1.165) is 79.5 Å². The first-order valence-electron chi connectivity index (χ1n) is 15.8. The molecule has 2 saturated heterocycles. The van der Waals surface area contributed by atoms with Gasteiger partial charge in [0, 0.05) is 70.2 Å². The zero-order chi connectivity index (χ0) is 32.1. The fraction of sp³-hybridized carbons (Fsp3) is 0.500. The first kappa shape index (κ1) is 32.8. The number of hydrogen-bond acceptors (Lipinski definition) is 6. The number of piperidine rings is 2. The summed E-state index contributed by atoms with van der Waals surface area (Å²) in [7, 11) is 2.26. The maximum atomic E-state index is 13.2. The van der Waals surface area contributed by atoms with Crippen LogP contribution in [0.25, 0.3) is 10.9 Å². The number of carbonyl (C=O) groups excluding carboxylic acids is 2. The Kier molecular flexibility index (Phi) is 10.4. The van der Waals surface area contributed by atoms with Gasteiger partial charge in [-0.3, -0.25) is 14.5 Å². The Morgan fingerprint density at radius 3 is 2.56 bits per heavy atom. The van der Waals surface area contributed by atoms with Gasteiger partial charge in [0.05, 0.1) is 16.0 Å². The number of aromatic nitrogens is 2. The molecule has 1 atom stereocenters. The SMILES string of the molecule is CNC(=O)N(CCC=O)c1nn(C)c2cc(C3CCN(C(C)(C)C#Cc4cccc(S(=O)N5CCC(N)CC5)c4)CC3)ccc12. The lowest BCUT2D eigenvalue weighted by molar-refractivity contribution is -0.107. The largest absolute Gasteiger partial charge is 0.341 e. The molecule has 45 heavy (non-hydrogen) atoms. The summed E-state index contributed by atoms with van der Waals surface area (Å²) in [5.41, 5.74) is 8.82. The lowest BCUT2D eigenvalue weighted by Crippen LogP contribution is -2.47. The van der Waals surface area contributed by atoms with Crippen molar-refractivity contribution in [3.05, 3.63) is 53.6 Å². The fourth-order valence-electron chi connectivity index (χ4n) is 6.28. The van der Waals surface area contributed by atoms with Crippen LogP contribution >= 0.6 is 0 Å². The van der Waals surface area contributed by atoms with Gasteiger partial charge in [0.25, 0.3) is 0 Å². The van der Waals surface area contributed by atoms with Crippen molar-refractivity contribution in [3.63, 3.8) is 0 Å². The number of nitrogens with one attached hydrogen (secondary N) is 1. The van der Waals surface area contributed by atoms with Crippen LogP contribution < -0.4 is 16.0 Å². The Hall–Kier alpha value is -3.56. The zero-order valence-electron chi connectivity index (χ0n) is 26.8. The van der Waals surface area contributed by atoms with Crippen LogP contribution in [0.15, 0.2) is 47.4 Å². The average Bonchev–Trinajstić information content (AvgIpc) is 3.39. The number of aryl methyl sites for hydroxylation is 1. The molecule has 0 aliphatic carbocycles. The zero-order valence-corrected chi connectivity index (χ0v) is 27.6. The van der Waals surface area contributed by atoms with E-state index in [9.17, 15) is 13.8 Å². The normalized spacial score (nSPS) is 17.9. The van der Waals surface area contributed by atoms with E-state index in [-0.39, 0.29) is 30.6 Å². The van der Waals surface area contributed by atoms with E-state index >= 15 is 0 Å². The molecule has 0 bridgehead atoms. The molecule has 10 nitrogen and oxygen atoms in total. The van der Waals surface area contributed by atoms with Crippen LogP contribution in [0.3, 0.4) is 0 Å². The van der Waals surface area contributed by atoms with Crippen LogP contribution in [0.2, 0.25) is 0 Å². The minimum Gasteiger partial charge on any atom is -0.341 e. The van der Waals surface area contributed by atoms with Gasteiger partial charge < -0.3 is 15.8 Å². The van der Waals surface area contributed by atoms with Crippen molar-refractivity contribution in [2.24, 2.45) is 12.8 Å². The average molecular weight is 632 g/mol. The number of hydrogen-bond donors (Lipinski definition) is 2. The molecule has 1 unspecified atom stereocenters. The van der Waals surface area contributed by atoms with Crippen molar-refractivity contribution in [2.45, 2.75) is 68.3 Å². The molecule has 2 fully saturated rings. The molecule has 5 rings (SSSR count). The van der Waals surface area contributed by atoms with Crippen molar-refractivity contribution < 1.29 is 13.8 Å². The monoisotopic (exact) mass is 631 g/mol. The van der Waals surface area contributed by atoms with E-state index in [2.05, 4.69) is 53.1 Å². The minimum atomic E-state index is -1.20. The van der Waals surface area contributed by atoms with Gasteiger partial charge in [-0.2, -0.15) is 5.10 Å². The molecule has 0 spiro atoms. The van der Waals surface area contributed by atoms with Gasteiger partial charge in [-0.15, -0.1) is 0 Å². The molecular formula is C34H45N7O3S. The Bertz CT molecular complexity index is 1610. The number of rotatable bonds is 8. The number of nitrogens with zero attached hydrogens (tertiary/aromatic N) is 5. The fourth-order valence-corrected chi connectivity index (χ4v) is 7.54. The number of benzene rings is 2. The third kappa shape index (κ3) is 7.47. The highest BCUT2D eigenvalue weighted by Gasteiger charge is 2.30. The maximum Gasteiger partial charge on any atom is 0.322 e. The molecule has 2 aliphatic rings. The third-order valence-electron chi connectivity index (χ3n) is 9.08. The van der Waals surface area contributed by atoms with E-state index in [0.29, 0.717) is 11.7 Å². The van der Waals surface area contributed by atoms with E-state index in [4.69, 9.17) is 5.73 Å². The predicted octanol–water partition coefficient (Wildman–Crippen LogP) is 3.76. The Morgan fingerprint density at radius 1 is 1.13 bits per heavy atom. The second-order valence-corrected chi connectivity index (χ2v) is 14.0. The summed E-state index contributed by atoms with van der Waals surface area (Å²) in [6, 6.07) is 14.1. The second-order valence-electron chi connectivity index (χ2n) is 12.5. The number of amides is 2. The lowest BCUT2D eigenvalue weighted by Gasteiger charge is -2.40. The number of anilines is 1. The number of urea groups is 1. The Labute approximate surface area is 268 Å². The van der Waals surface area contributed by atoms with Gasteiger partial charge in [0.1, 0.15) is 17.3 Å². The quantitative estimate of drug-likeness (QED) is 0.289. The topological polar surface area (TPSA) is 117 Å². The highest BCUT2D eigenvalue weighted by Crippen LogP contribution is 2.35. The lowest BCUT2D eigenvalue weighted by atomic mass is 9.87. The third-order valence-corrected chi connectivity index (χ3v) is 10.6. The van der Waals surface area contributed by atoms with Gasteiger partial charge in [-0.1, -0.05) is 24.0 Å². The summed E-state index contributed by atoms with van der Waals surface area (Å²) >= 11 is 0. The van der Waals surface area contributed by atoms with Gasteiger partial charge in [0.15, 0.2) is 5.82 Å². The van der Waals surface area contributed by atoms with Crippen LogP contribution in [0.4, 0.5) is 10.6 Å². The summed E-state index contributed by atoms with van der Waals surface area (Å²) in [6.45, 7) is 7.98. The van der Waals surface area contributed by atoms with Crippen LogP contribution in [-0.4, -0.2) is 86.9 Å². The van der Waals surface area contributed by atoms with Crippen molar-refractivity contribution in [1.82, 2.24) is 24.3 Å². The molecule has 11 heteroatoms. The molecule has 2 aromatic carbocycles. The summed E-state index contributed by atoms with van der Waals surface area (Å²) in [4.78, 5) is 28.3. The number of likely N-dealkylation sites (tertiary alicyclic amines) is 1. The summed E-state index contributed by atoms with van der Waals surface area (Å²) in [5, 5.41) is 8.19. The second kappa shape index (κ2) is 14.3. The van der Waals surface area contributed by atoms with Gasteiger partial charge in [-0.05, 0) is 81.3 Å². The molecule has 0 radical (unpaired) electrons. The van der Waals surface area contributed by atoms with E-state index in [1.165, 1.54) is 10.5 Å². The van der Waals surface area contributed by atoms with Crippen LogP contribution in [0.5, 0.6) is 0 Å². The highest BCUT2D eigenvalue weighted by molar-refractivity contribution is 7.82. The van der Waals surface area contributed by atoms with E-state index in [1.54, 1.807) is 7.05 Å². The number of fused-ring (bicyclic) bond motifs is 1. The van der Waals surface area contributed by atoms with Gasteiger partial charge in [0.2, 0.25) is 0 Å². The highest BCUT2D eigenvalue weighted by atomic mass is 32.2. The van der Waals surface area contributed by atoms with Crippen LogP contribution in [0, 0.1) is 11.8 Å². The summed E-state index contributed by atoms with van der Waals surface area (Å²) < 4.78 is 17.0.